The van der Waals surface area contributed by atoms with Crippen LogP contribution in [0.15, 0.2) is 23.8 Å². The van der Waals surface area contributed by atoms with E-state index in [9.17, 15) is 14.7 Å². The van der Waals surface area contributed by atoms with E-state index >= 15 is 4.39 Å². The van der Waals surface area contributed by atoms with Crippen molar-refractivity contribution in [3.63, 3.8) is 0 Å². The number of carbonyl (C=O) groups excluding carboxylic acids is 2. The highest BCUT2D eigenvalue weighted by Gasteiger charge is 2.79. The number of ketones is 2. The summed E-state index contributed by atoms with van der Waals surface area (Å²) in [6, 6.07) is 0. The van der Waals surface area contributed by atoms with Crippen molar-refractivity contribution in [2.24, 2.45) is 28.6 Å². The van der Waals surface area contributed by atoms with Gasteiger partial charge in [0.15, 0.2) is 29.1 Å². The van der Waals surface area contributed by atoms with E-state index in [1.165, 1.54) is 12.5 Å². The van der Waals surface area contributed by atoms with Crippen LogP contribution in [0, 0.1) is 28.6 Å². The number of hydrogen-bond donors (Lipinski definition) is 1. The second-order valence-corrected chi connectivity index (χ2v) is 14.1. The van der Waals surface area contributed by atoms with Crippen molar-refractivity contribution in [2.45, 2.75) is 114 Å². The fraction of sp³-hybridized carbons (Fsp3) is 0.812. The summed E-state index contributed by atoms with van der Waals surface area (Å²) in [5, 5.41) is 11.8. The zero-order valence-corrected chi connectivity index (χ0v) is 23.5. The maximum absolute atomic E-state index is 17.6. The molecule has 7 heteroatoms. The molecule has 9 atom stereocenters. The molecule has 5 fully saturated rings. The third-order valence-corrected chi connectivity index (χ3v) is 12.4. The van der Waals surface area contributed by atoms with Crippen molar-refractivity contribution in [1.82, 2.24) is 4.90 Å². The molecule has 6 nitrogen and oxygen atoms in total. The Hall–Kier alpha value is -1.41. The summed E-state index contributed by atoms with van der Waals surface area (Å²) >= 11 is 0. The van der Waals surface area contributed by atoms with Crippen LogP contribution in [0.1, 0.15) is 84.5 Å². The number of rotatable bonds is 4. The number of likely N-dealkylation sites (tertiary alicyclic amines) is 1. The second kappa shape index (κ2) is 9.04. The summed E-state index contributed by atoms with van der Waals surface area (Å²) in [4.78, 5) is 28.9. The monoisotopic (exact) mass is 541 g/mol. The number of nitrogens with zero attached hydrogens (tertiary/aromatic N) is 1. The Balaban J connectivity index is 1.28. The third-order valence-electron chi connectivity index (χ3n) is 12.4. The first kappa shape index (κ1) is 26.5. The van der Waals surface area contributed by atoms with Gasteiger partial charge in [0.2, 0.25) is 0 Å². The van der Waals surface area contributed by atoms with Gasteiger partial charge >= 0.3 is 0 Å². The van der Waals surface area contributed by atoms with E-state index in [1.807, 2.05) is 13.0 Å². The Labute approximate surface area is 231 Å². The summed E-state index contributed by atoms with van der Waals surface area (Å²) in [5.41, 5.74) is -4.10. The first-order valence-corrected chi connectivity index (χ1v) is 15.5. The van der Waals surface area contributed by atoms with Crippen LogP contribution in [0.4, 0.5) is 4.39 Å². The van der Waals surface area contributed by atoms with Gasteiger partial charge in [-0.2, -0.15) is 0 Å². The van der Waals surface area contributed by atoms with Crippen LogP contribution in [0.3, 0.4) is 0 Å². The fourth-order valence-electron chi connectivity index (χ4n) is 10.3. The number of aliphatic hydroxyl groups excluding tert-OH is 1. The van der Waals surface area contributed by atoms with E-state index < -0.39 is 46.5 Å². The first-order valence-electron chi connectivity index (χ1n) is 15.5. The minimum Gasteiger partial charge on any atom is -0.390 e. The lowest BCUT2D eigenvalue weighted by Crippen LogP contribution is -2.69. The molecule has 214 valence electrons. The normalized spacial score (nSPS) is 49.8. The van der Waals surface area contributed by atoms with Crippen molar-refractivity contribution in [2.75, 3.05) is 19.6 Å². The van der Waals surface area contributed by atoms with Crippen molar-refractivity contribution in [3.8, 4) is 0 Å². The van der Waals surface area contributed by atoms with Crippen LogP contribution in [0.2, 0.25) is 0 Å². The predicted molar refractivity (Wildman–Crippen MR) is 143 cm³/mol. The van der Waals surface area contributed by atoms with Crippen molar-refractivity contribution in [3.05, 3.63) is 23.8 Å². The maximum Gasteiger partial charge on any atom is 0.181 e. The van der Waals surface area contributed by atoms with Crippen LogP contribution in [-0.2, 0) is 19.1 Å². The van der Waals surface area contributed by atoms with Gasteiger partial charge < -0.3 is 14.6 Å². The average Bonchev–Trinajstić information content (AvgIpc) is 3.62. The smallest absolute Gasteiger partial charge is 0.181 e. The number of Topliss-reactive ketones (excluding diaryl/α,β-unsaturated/α-hetero) is 1. The van der Waals surface area contributed by atoms with Gasteiger partial charge in [-0.15, -0.1) is 0 Å². The van der Waals surface area contributed by atoms with Gasteiger partial charge in [-0.3, -0.25) is 14.5 Å². The Morgan fingerprint density at radius 3 is 2.62 bits per heavy atom. The Kier molecular flexibility index (Phi) is 6.14. The molecule has 2 heterocycles. The van der Waals surface area contributed by atoms with Crippen molar-refractivity contribution in [1.29, 1.82) is 0 Å². The number of hydrogen-bond acceptors (Lipinski definition) is 6. The molecule has 0 aromatic carbocycles. The Bertz CT molecular complexity index is 1110. The second-order valence-electron chi connectivity index (χ2n) is 14.1. The molecule has 0 aromatic rings. The minimum absolute atomic E-state index is 0.0201. The topological polar surface area (TPSA) is 76.1 Å². The summed E-state index contributed by atoms with van der Waals surface area (Å²) in [6.45, 7) is 6.07. The molecule has 0 spiro atoms. The number of halogens is 1. The summed E-state index contributed by atoms with van der Waals surface area (Å²) < 4.78 is 31.3. The molecule has 7 rings (SSSR count). The highest BCUT2D eigenvalue weighted by atomic mass is 19.1. The predicted octanol–water partition coefficient (Wildman–Crippen LogP) is 4.69. The van der Waals surface area contributed by atoms with Gasteiger partial charge in [0.25, 0.3) is 0 Å². The molecule has 2 saturated heterocycles. The van der Waals surface area contributed by atoms with Gasteiger partial charge in [0, 0.05) is 29.1 Å². The number of carbonyl (C=O) groups is 2. The SMILES string of the molecule is C[C@]12C=CC(=O)CC1=CC[C@H]1[C@@H]3C[C@H]4O[C@@H](C5CCCCC5)O[C@@]4(C(=O)CN4CCCC4)[C@@]3(C)C[C@H](O)[C@@]12F. The van der Waals surface area contributed by atoms with Crippen molar-refractivity contribution < 1.29 is 28.6 Å². The van der Waals surface area contributed by atoms with Gasteiger partial charge in [0.05, 0.1) is 18.8 Å². The molecule has 0 unspecified atom stereocenters. The molecule has 0 radical (unpaired) electrons. The quantitative estimate of drug-likeness (QED) is 0.521. The number of ether oxygens (including phenoxy) is 2. The lowest BCUT2D eigenvalue weighted by molar-refractivity contribution is -0.232. The lowest BCUT2D eigenvalue weighted by Gasteiger charge is -2.62. The molecule has 2 aliphatic heterocycles. The average molecular weight is 542 g/mol. The third kappa shape index (κ3) is 3.45. The van der Waals surface area contributed by atoms with Gasteiger partial charge in [-0.25, -0.2) is 4.39 Å². The van der Waals surface area contributed by atoms with Crippen molar-refractivity contribution >= 4 is 11.6 Å². The van der Waals surface area contributed by atoms with Gasteiger partial charge in [0.1, 0.15) is 0 Å². The summed E-state index contributed by atoms with van der Waals surface area (Å²) in [6.07, 6.45) is 12.3. The Morgan fingerprint density at radius 2 is 1.87 bits per heavy atom. The molecule has 5 aliphatic carbocycles. The molecule has 3 saturated carbocycles. The molecule has 7 aliphatic rings. The van der Waals surface area contributed by atoms with Crippen LogP contribution in [-0.4, -0.2) is 71.0 Å². The lowest BCUT2D eigenvalue weighted by atomic mass is 9.45. The molecule has 0 aromatic heterocycles. The molecule has 1 N–H and O–H groups in total. The fourth-order valence-corrected chi connectivity index (χ4v) is 10.3. The molecule has 39 heavy (non-hydrogen) atoms. The number of allylic oxidation sites excluding steroid dienone is 4. The largest absolute Gasteiger partial charge is 0.390 e. The van der Waals surface area contributed by atoms with Crippen LogP contribution in [0.5, 0.6) is 0 Å². The number of fused-ring (bicyclic) bond motifs is 7. The molecule has 0 bridgehead atoms. The first-order chi connectivity index (χ1) is 18.6. The minimum atomic E-state index is -1.92. The molecular weight excluding hydrogens is 497 g/mol. The standard InChI is InChI=1S/C32H44FNO5/c1-29-13-12-22(35)16-21(29)10-11-23-24-17-27-32(26(37)19-34-14-6-7-15-34,30(24,2)18-25(36)31(23,29)33)39-28(38-27)20-8-4-3-5-9-20/h10,12-13,20,23-25,27-28,36H,3-9,11,14-19H2,1-2H3/t23-,24-,25-,27+,28+,29-,30-,31-,32+/m0/s1. The summed E-state index contributed by atoms with van der Waals surface area (Å²) in [5.74, 6) is -0.349. The van der Waals surface area contributed by atoms with Crippen LogP contribution in [0.25, 0.3) is 0 Å². The van der Waals surface area contributed by atoms with Gasteiger partial charge in [-0.05, 0) is 77.0 Å². The number of aliphatic hydroxyl groups is 1. The van der Waals surface area contributed by atoms with E-state index in [0.29, 0.717) is 19.4 Å². The van der Waals surface area contributed by atoms with Gasteiger partial charge in [-0.1, -0.05) is 43.9 Å². The van der Waals surface area contributed by atoms with E-state index in [0.717, 1.165) is 57.2 Å². The zero-order chi connectivity index (χ0) is 27.2. The van der Waals surface area contributed by atoms with E-state index in [1.54, 1.807) is 6.08 Å². The van der Waals surface area contributed by atoms with E-state index in [-0.39, 0.29) is 36.2 Å². The molecular formula is C32H44FNO5. The van der Waals surface area contributed by atoms with Crippen LogP contribution < -0.4 is 0 Å². The Morgan fingerprint density at radius 1 is 1.13 bits per heavy atom. The molecule has 0 amide bonds. The highest BCUT2D eigenvalue weighted by Crippen LogP contribution is 2.71. The van der Waals surface area contributed by atoms with E-state index in [2.05, 4.69) is 11.8 Å². The maximum atomic E-state index is 17.6. The summed E-state index contributed by atoms with van der Waals surface area (Å²) in [7, 11) is 0. The highest BCUT2D eigenvalue weighted by molar-refractivity contribution is 5.94. The van der Waals surface area contributed by atoms with Crippen LogP contribution >= 0.6 is 0 Å². The number of alkyl halides is 1. The van der Waals surface area contributed by atoms with E-state index in [4.69, 9.17) is 9.47 Å². The zero-order valence-electron chi connectivity index (χ0n) is 23.5.